The zero-order valence-electron chi connectivity index (χ0n) is 10.8. The van der Waals surface area contributed by atoms with Crippen molar-refractivity contribution in [1.82, 2.24) is 4.90 Å². The Morgan fingerprint density at radius 1 is 1.47 bits per heavy atom. The molecule has 0 saturated heterocycles. The molecule has 4 N–H and O–H groups in total. The van der Waals surface area contributed by atoms with Crippen LogP contribution in [0.15, 0.2) is 18.2 Å². The van der Waals surface area contributed by atoms with Crippen molar-refractivity contribution in [2.75, 3.05) is 13.1 Å². The minimum absolute atomic E-state index is 0.203. The van der Waals surface area contributed by atoms with Gasteiger partial charge in [-0.05, 0) is 31.0 Å². The molecule has 1 atom stereocenters. The summed E-state index contributed by atoms with van der Waals surface area (Å²) in [6.45, 7) is 2.55. The first-order valence-corrected chi connectivity index (χ1v) is 5.98. The Labute approximate surface area is 112 Å². The Bertz CT molecular complexity index is 494. The highest BCUT2D eigenvalue weighted by Gasteiger charge is 2.19. The van der Waals surface area contributed by atoms with Gasteiger partial charge in [0, 0.05) is 6.54 Å². The van der Waals surface area contributed by atoms with E-state index >= 15 is 0 Å². The van der Waals surface area contributed by atoms with Gasteiger partial charge in [0.2, 0.25) is 5.91 Å². The normalized spacial score (nSPS) is 11.6. The van der Waals surface area contributed by atoms with E-state index in [1.54, 1.807) is 6.07 Å². The Morgan fingerprint density at radius 2 is 2.16 bits per heavy atom. The molecule has 1 amide bonds. The Balaban J connectivity index is 2.73. The zero-order chi connectivity index (χ0) is 14.4. The molecule has 19 heavy (non-hydrogen) atoms. The number of phenols is 2. The maximum Gasteiger partial charge on any atom is 0.240 e. The molecule has 0 aliphatic heterocycles. The molecule has 1 rings (SSSR count). The lowest BCUT2D eigenvalue weighted by Crippen LogP contribution is -2.45. The summed E-state index contributed by atoms with van der Waals surface area (Å²) in [6.07, 6.45) is 5.46. The van der Waals surface area contributed by atoms with E-state index in [0.717, 1.165) is 0 Å². The number of rotatable bonds is 5. The van der Waals surface area contributed by atoms with E-state index in [-0.39, 0.29) is 30.4 Å². The summed E-state index contributed by atoms with van der Waals surface area (Å²) >= 11 is 0. The van der Waals surface area contributed by atoms with Crippen molar-refractivity contribution in [3.63, 3.8) is 0 Å². The van der Waals surface area contributed by atoms with Crippen LogP contribution in [0, 0.1) is 12.3 Å². The van der Waals surface area contributed by atoms with Crippen LogP contribution in [0.5, 0.6) is 11.5 Å². The molecule has 0 aromatic heterocycles. The van der Waals surface area contributed by atoms with Crippen molar-refractivity contribution in [2.24, 2.45) is 5.73 Å². The van der Waals surface area contributed by atoms with Crippen LogP contribution in [-0.4, -0.2) is 40.2 Å². The van der Waals surface area contributed by atoms with Crippen LogP contribution in [0.2, 0.25) is 0 Å². The van der Waals surface area contributed by atoms with Crippen molar-refractivity contribution < 1.29 is 15.0 Å². The first kappa shape index (κ1) is 14.9. The van der Waals surface area contributed by atoms with Gasteiger partial charge in [-0.1, -0.05) is 12.0 Å². The molecule has 0 fully saturated rings. The fourth-order valence-electron chi connectivity index (χ4n) is 1.73. The molecule has 0 spiro atoms. The van der Waals surface area contributed by atoms with Crippen molar-refractivity contribution in [2.45, 2.75) is 19.4 Å². The highest BCUT2D eigenvalue weighted by atomic mass is 16.3. The third-order valence-electron chi connectivity index (χ3n) is 2.79. The average Bonchev–Trinajstić information content (AvgIpc) is 2.39. The van der Waals surface area contributed by atoms with Crippen LogP contribution in [0.4, 0.5) is 0 Å². The summed E-state index contributed by atoms with van der Waals surface area (Å²) in [5, 5.41) is 18.6. The fourth-order valence-corrected chi connectivity index (χ4v) is 1.73. The van der Waals surface area contributed by atoms with Gasteiger partial charge in [-0.15, -0.1) is 6.42 Å². The molecular weight excluding hydrogens is 244 g/mol. The second-order valence-corrected chi connectivity index (χ2v) is 4.19. The van der Waals surface area contributed by atoms with Gasteiger partial charge in [0.25, 0.3) is 0 Å². The van der Waals surface area contributed by atoms with Crippen molar-refractivity contribution >= 4 is 5.91 Å². The number of aromatic hydroxyl groups is 2. The van der Waals surface area contributed by atoms with E-state index in [4.69, 9.17) is 12.2 Å². The Morgan fingerprint density at radius 3 is 2.68 bits per heavy atom. The standard InChI is InChI=1S/C14H18N2O3/c1-3-7-16(4-2)14(19)11(15)8-10-5-6-12(17)13(18)9-10/h1,5-6,9,11,17-18H,4,7-8,15H2,2H3/t11-/m0/s1. The molecule has 5 nitrogen and oxygen atoms in total. The number of amides is 1. The lowest BCUT2D eigenvalue weighted by molar-refractivity contribution is -0.131. The molecule has 0 heterocycles. The molecule has 1 aromatic carbocycles. The van der Waals surface area contributed by atoms with Gasteiger partial charge >= 0.3 is 0 Å². The number of benzene rings is 1. The number of carbonyl (C=O) groups is 1. The highest BCUT2D eigenvalue weighted by Crippen LogP contribution is 2.25. The van der Waals surface area contributed by atoms with E-state index in [0.29, 0.717) is 12.1 Å². The fraction of sp³-hybridized carbons (Fsp3) is 0.357. The third kappa shape index (κ3) is 3.90. The van der Waals surface area contributed by atoms with E-state index in [1.807, 2.05) is 6.92 Å². The maximum atomic E-state index is 12.0. The summed E-state index contributed by atoms with van der Waals surface area (Å²) in [5.74, 6) is 1.75. The SMILES string of the molecule is C#CCN(CC)C(=O)[C@@H](N)Cc1ccc(O)c(O)c1. The summed E-state index contributed by atoms with van der Waals surface area (Å²) in [7, 11) is 0. The number of carbonyl (C=O) groups excluding carboxylic acids is 1. The topological polar surface area (TPSA) is 86.8 Å². The van der Waals surface area contributed by atoms with Crippen LogP contribution in [0.1, 0.15) is 12.5 Å². The Hall–Kier alpha value is -2.19. The zero-order valence-corrected chi connectivity index (χ0v) is 10.8. The van der Waals surface area contributed by atoms with Gasteiger partial charge in [0.1, 0.15) is 0 Å². The average molecular weight is 262 g/mol. The van der Waals surface area contributed by atoms with E-state index < -0.39 is 6.04 Å². The number of likely N-dealkylation sites (N-methyl/N-ethyl adjacent to an activating group) is 1. The first-order chi connectivity index (χ1) is 8.99. The molecule has 0 unspecified atom stereocenters. The van der Waals surface area contributed by atoms with Crippen LogP contribution in [-0.2, 0) is 11.2 Å². The van der Waals surface area contributed by atoms with Crippen LogP contribution in [0.3, 0.4) is 0 Å². The monoisotopic (exact) mass is 262 g/mol. The summed E-state index contributed by atoms with van der Waals surface area (Å²) in [5.41, 5.74) is 6.51. The highest BCUT2D eigenvalue weighted by molar-refractivity contribution is 5.82. The maximum absolute atomic E-state index is 12.0. The third-order valence-corrected chi connectivity index (χ3v) is 2.79. The lowest BCUT2D eigenvalue weighted by Gasteiger charge is -2.22. The molecule has 0 aliphatic rings. The summed E-state index contributed by atoms with van der Waals surface area (Å²) in [4.78, 5) is 13.5. The first-order valence-electron chi connectivity index (χ1n) is 5.98. The van der Waals surface area contributed by atoms with E-state index in [2.05, 4.69) is 5.92 Å². The van der Waals surface area contributed by atoms with Gasteiger partial charge in [-0.3, -0.25) is 4.79 Å². The van der Waals surface area contributed by atoms with Crippen molar-refractivity contribution in [3.8, 4) is 23.8 Å². The molecule has 102 valence electrons. The van der Waals surface area contributed by atoms with Gasteiger partial charge in [-0.25, -0.2) is 0 Å². The molecule has 0 radical (unpaired) electrons. The molecule has 0 saturated carbocycles. The van der Waals surface area contributed by atoms with E-state index in [1.165, 1.54) is 17.0 Å². The van der Waals surface area contributed by atoms with Gasteiger partial charge in [0.15, 0.2) is 11.5 Å². The molecule has 0 bridgehead atoms. The van der Waals surface area contributed by atoms with Gasteiger partial charge in [0.05, 0.1) is 12.6 Å². The quantitative estimate of drug-likeness (QED) is 0.531. The predicted octanol–water partition coefficient (Wildman–Crippen LogP) is 0.449. The molecule has 1 aromatic rings. The Kier molecular flexibility index (Phi) is 5.22. The minimum Gasteiger partial charge on any atom is -0.504 e. The number of nitrogens with zero attached hydrogens (tertiary/aromatic N) is 1. The molecule has 0 aliphatic carbocycles. The van der Waals surface area contributed by atoms with E-state index in [9.17, 15) is 15.0 Å². The smallest absolute Gasteiger partial charge is 0.240 e. The van der Waals surface area contributed by atoms with Crippen LogP contribution >= 0.6 is 0 Å². The predicted molar refractivity (Wildman–Crippen MR) is 72.5 cm³/mol. The number of hydrogen-bond donors (Lipinski definition) is 3. The van der Waals surface area contributed by atoms with Crippen molar-refractivity contribution in [3.05, 3.63) is 23.8 Å². The summed E-state index contributed by atoms with van der Waals surface area (Å²) < 4.78 is 0. The second-order valence-electron chi connectivity index (χ2n) is 4.19. The van der Waals surface area contributed by atoms with Crippen molar-refractivity contribution in [1.29, 1.82) is 0 Å². The van der Waals surface area contributed by atoms with Crippen LogP contribution < -0.4 is 5.73 Å². The number of hydrogen-bond acceptors (Lipinski definition) is 4. The number of nitrogens with two attached hydrogens (primary N) is 1. The second kappa shape index (κ2) is 6.66. The number of phenolic OH excluding ortho intramolecular Hbond substituents is 2. The number of terminal acetylenes is 1. The summed E-state index contributed by atoms with van der Waals surface area (Å²) in [6, 6.07) is 3.64. The molecule has 5 heteroatoms. The van der Waals surface area contributed by atoms with Crippen LogP contribution in [0.25, 0.3) is 0 Å². The largest absolute Gasteiger partial charge is 0.504 e. The lowest BCUT2D eigenvalue weighted by atomic mass is 10.0. The van der Waals surface area contributed by atoms with Gasteiger partial charge in [-0.2, -0.15) is 0 Å². The minimum atomic E-state index is -0.725. The molecular formula is C14H18N2O3. The van der Waals surface area contributed by atoms with Gasteiger partial charge < -0.3 is 20.8 Å².